The van der Waals surface area contributed by atoms with E-state index >= 15 is 0 Å². The molecule has 1 aliphatic rings. The summed E-state index contributed by atoms with van der Waals surface area (Å²) in [4.78, 5) is 0. The molecule has 1 unspecified atom stereocenters. The van der Waals surface area contributed by atoms with Crippen LogP contribution in [0.1, 0.15) is 5.56 Å². The lowest BCUT2D eigenvalue weighted by atomic mass is 10.2. The van der Waals surface area contributed by atoms with Gasteiger partial charge in [-0.3, -0.25) is 0 Å². The Morgan fingerprint density at radius 2 is 2.64 bits per heavy atom. The summed E-state index contributed by atoms with van der Waals surface area (Å²) in [5.74, 6) is 1.12. The molecule has 0 bridgehead atoms. The summed E-state index contributed by atoms with van der Waals surface area (Å²) in [6.07, 6.45) is 1.86. The lowest BCUT2D eigenvalue weighted by molar-refractivity contribution is 0.501. The van der Waals surface area contributed by atoms with E-state index < -0.39 is 0 Å². The maximum Gasteiger partial charge on any atom is 0.127 e. The lowest BCUT2D eigenvalue weighted by Gasteiger charge is -2.21. The highest BCUT2D eigenvalue weighted by atomic mass is 15.3. The smallest absolute Gasteiger partial charge is 0.127 e. The van der Waals surface area contributed by atoms with E-state index in [9.17, 15) is 0 Å². The van der Waals surface area contributed by atoms with Gasteiger partial charge in [-0.2, -0.15) is 5.10 Å². The number of fused-ring (bicyclic) bond motifs is 1. The van der Waals surface area contributed by atoms with Crippen LogP contribution in [0.3, 0.4) is 0 Å². The number of anilines is 1. The largest absolute Gasteiger partial charge is 0.368 e. The zero-order valence-corrected chi connectivity index (χ0v) is 6.54. The third-order valence-corrected chi connectivity index (χ3v) is 1.96. The quantitative estimate of drug-likeness (QED) is 0.547. The molecular formula is C7H12N4. The molecule has 1 aromatic heterocycles. The first-order valence-corrected chi connectivity index (χ1v) is 3.79. The zero-order chi connectivity index (χ0) is 7.84. The van der Waals surface area contributed by atoms with Crippen LogP contribution in [0.25, 0.3) is 0 Å². The first kappa shape index (κ1) is 6.67. The van der Waals surface area contributed by atoms with Gasteiger partial charge in [-0.1, -0.05) is 0 Å². The standard InChI is InChI=1S/C7H12N4/c1-5-2-10-11-4-6(8)3-9-7(5)11/h2,6,9H,3-4,8H2,1H3. The number of rotatable bonds is 0. The zero-order valence-electron chi connectivity index (χ0n) is 6.54. The second kappa shape index (κ2) is 2.23. The van der Waals surface area contributed by atoms with Crippen molar-refractivity contribution in [1.29, 1.82) is 0 Å². The van der Waals surface area contributed by atoms with Crippen LogP contribution < -0.4 is 11.1 Å². The van der Waals surface area contributed by atoms with Crippen molar-refractivity contribution < 1.29 is 0 Å². The summed E-state index contributed by atoms with van der Waals surface area (Å²) in [5, 5.41) is 7.42. The van der Waals surface area contributed by atoms with E-state index in [1.807, 2.05) is 17.8 Å². The Bertz CT molecular complexity index is 265. The van der Waals surface area contributed by atoms with Gasteiger partial charge in [0.1, 0.15) is 5.82 Å². The highest BCUT2D eigenvalue weighted by Crippen LogP contribution is 2.16. The van der Waals surface area contributed by atoms with Crippen LogP contribution in [0.4, 0.5) is 5.82 Å². The monoisotopic (exact) mass is 152 g/mol. The van der Waals surface area contributed by atoms with Crippen molar-refractivity contribution in [2.75, 3.05) is 11.9 Å². The van der Waals surface area contributed by atoms with Crippen molar-refractivity contribution in [1.82, 2.24) is 9.78 Å². The number of nitrogens with one attached hydrogen (secondary N) is 1. The molecule has 0 aromatic carbocycles. The number of nitrogens with two attached hydrogens (primary N) is 1. The number of aromatic nitrogens is 2. The molecule has 2 rings (SSSR count). The van der Waals surface area contributed by atoms with E-state index in [1.165, 1.54) is 5.56 Å². The molecule has 0 saturated carbocycles. The summed E-state index contributed by atoms with van der Waals surface area (Å²) in [6.45, 7) is 3.73. The van der Waals surface area contributed by atoms with E-state index in [0.717, 1.165) is 18.9 Å². The van der Waals surface area contributed by atoms with Crippen molar-refractivity contribution in [3.63, 3.8) is 0 Å². The third kappa shape index (κ3) is 0.991. The SMILES string of the molecule is Cc1cnn2c1NCC(N)C2. The summed E-state index contributed by atoms with van der Waals surface area (Å²) in [5.41, 5.74) is 6.93. The molecule has 2 heterocycles. The van der Waals surface area contributed by atoms with Crippen LogP contribution in [0.15, 0.2) is 6.20 Å². The van der Waals surface area contributed by atoms with Gasteiger partial charge in [0.15, 0.2) is 0 Å². The number of hydrogen-bond donors (Lipinski definition) is 2. The van der Waals surface area contributed by atoms with Gasteiger partial charge < -0.3 is 11.1 Å². The Morgan fingerprint density at radius 1 is 1.82 bits per heavy atom. The summed E-state index contributed by atoms with van der Waals surface area (Å²) in [6, 6.07) is 0.196. The Labute approximate surface area is 65.4 Å². The molecule has 0 radical (unpaired) electrons. The molecule has 4 heteroatoms. The van der Waals surface area contributed by atoms with Gasteiger partial charge in [0.2, 0.25) is 0 Å². The second-order valence-corrected chi connectivity index (χ2v) is 3.00. The highest BCUT2D eigenvalue weighted by molar-refractivity contribution is 5.44. The van der Waals surface area contributed by atoms with Gasteiger partial charge >= 0.3 is 0 Å². The first-order valence-electron chi connectivity index (χ1n) is 3.79. The second-order valence-electron chi connectivity index (χ2n) is 3.00. The fourth-order valence-electron chi connectivity index (χ4n) is 1.36. The van der Waals surface area contributed by atoms with E-state index in [-0.39, 0.29) is 6.04 Å². The molecule has 0 aliphatic carbocycles. The summed E-state index contributed by atoms with van der Waals surface area (Å²) in [7, 11) is 0. The predicted molar refractivity (Wildman–Crippen MR) is 43.4 cm³/mol. The van der Waals surface area contributed by atoms with Gasteiger partial charge in [-0.05, 0) is 6.92 Å². The number of aryl methyl sites for hydroxylation is 1. The van der Waals surface area contributed by atoms with E-state index in [4.69, 9.17) is 5.73 Å². The Morgan fingerprint density at radius 3 is 3.45 bits per heavy atom. The summed E-state index contributed by atoms with van der Waals surface area (Å²) >= 11 is 0. The topological polar surface area (TPSA) is 55.9 Å². The van der Waals surface area contributed by atoms with Crippen molar-refractivity contribution in [2.45, 2.75) is 19.5 Å². The maximum atomic E-state index is 5.74. The number of hydrogen-bond acceptors (Lipinski definition) is 3. The van der Waals surface area contributed by atoms with Crippen LogP contribution in [-0.2, 0) is 6.54 Å². The van der Waals surface area contributed by atoms with Crippen molar-refractivity contribution in [3.05, 3.63) is 11.8 Å². The number of nitrogens with zero attached hydrogens (tertiary/aromatic N) is 2. The minimum Gasteiger partial charge on any atom is -0.368 e. The first-order chi connectivity index (χ1) is 5.27. The van der Waals surface area contributed by atoms with Crippen LogP contribution in [-0.4, -0.2) is 22.4 Å². The molecule has 4 nitrogen and oxygen atoms in total. The van der Waals surface area contributed by atoms with Gasteiger partial charge in [-0.25, -0.2) is 4.68 Å². The summed E-state index contributed by atoms with van der Waals surface area (Å²) < 4.78 is 1.92. The maximum absolute atomic E-state index is 5.74. The van der Waals surface area contributed by atoms with Crippen molar-refractivity contribution in [3.8, 4) is 0 Å². The lowest BCUT2D eigenvalue weighted by Crippen LogP contribution is -2.38. The fourth-order valence-corrected chi connectivity index (χ4v) is 1.36. The van der Waals surface area contributed by atoms with Gasteiger partial charge in [0, 0.05) is 18.2 Å². The molecule has 1 atom stereocenters. The molecule has 0 spiro atoms. The van der Waals surface area contributed by atoms with Crippen LogP contribution in [0, 0.1) is 6.92 Å². The van der Waals surface area contributed by atoms with Crippen LogP contribution >= 0.6 is 0 Å². The highest BCUT2D eigenvalue weighted by Gasteiger charge is 2.16. The Hall–Kier alpha value is -1.03. The van der Waals surface area contributed by atoms with Gasteiger partial charge in [-0.15, -0.1) is 0 Å². The van der Waals surface area contributed by atoms with Crippen molar-refractivity contribution in [2.24, 2.45) is 5.73 Å². The molecule has 0 saturated heterocycles. The molecule has 60 valence electrons. The normalized spacial score (nSPS) is 22.5. The Kier molecular flexibility index (Phi) is 1.35. The average Bonchev–Trinajstić information content (AvgIpc) is 2.32. The van der Waals surface area contributed by atoms with Crippen molar-refractivity contribution >= 4 is 5.82 Å². The molecule has 1 aliphatic heterocycles. The molecule has 0 fully saturated rings. The van der Waals surface area contributed by atoms with Crippen LogP contribution in [0.2, 0.25) is 0 Å². The molecule has 11 heavy (non-hydrogen) atoms. The van der Waals surface area contributed by atoms with Gasteiger partial charge in [0.25, 0.3) is 0 Å². The van der Waals surface area contributed by atoms with E-state index in [1.54, 1.807) is 0 Å². The minimum absolute atomic E-state index is 0.196. The molecule has 1 aromatic rings. The average molecular weight is 152 g/mol. The van der Waals surface area contributed by atoms with E-state index in [2.05, 4.69) is 10.4 Å². The molecule has 3 N–H and O–H groups in total. The Balaban J connectivity index is 2.36. The molecule has 0 amide bonds. The fraction of sp³-hybridized carbons (Fsp3) is 0.571. The minimum atomic E-state index is 0.196. The van der Waals surface area contributed by atoms with E-state index in [0.29, 0.717) is 0 Å². The third-order valence-electron chi connectivity index (χ3n) is 1.96. The predicted octanol–water partition coefficient (Wildman–Crippen LogP) is -0.0557. The van der Waals surface area contributed by atoms with Gasteiger partial charge in [0.05, 0.1) is 12.7 Å². The van der Waals surface area contributed by atoms with Crippen LogP contribution in [0.5, 0.6) is 0 Å². The molecular weight excluding hydrogens is 140 g/mol.